The maximum atomic E-state index is 12.3. The minimum absolute atomic E-state index is 0.307. The Labute approximate surface area is 150 Å². The number of aromatic nitrogens is 1. The highest BCUT2D eigenvalue weighted by molar-refractivity contribution is 5.78. The van der Waals surface area contributed by atoms with Gasteiger partial charge in [0, 0.05) is 37.9 Å². The van der Waals surface area contributed by atoms with Crippen molar-refractivity contribution in [2.24, 2.45) is 0 Å². The molecule has 0 saturated carbocycles. The fourth-order valence-electron chi connectivity index (χ4n) is 3.53. The number of hydrogen-bond donors (Lipinski definition) is 1. The highest BCUT2D eigenvalue weighted by Gasteiger charge is 2.31. The predicted molar refractivity (Wildman–Crippen MR) is 100 cm³/mol. The number of likely N-dealkylation sites (tertiary alicyclic amines) is 1. The third-order valence-corrected chi connectivity index (χ3v) is 5.02. The summed E-state index contributed by atoms with van der Waals surface area (Å²) in [4.78, 5) is 18.4. The van der Waals surface area contributed by atoms with Crippen LogP contribution in [0.4, 0.5) is 0 Å². The zero-order chi connectivity index (χ0) is 17.5. The molecule has 0 bridgehead atoms. The number of amides is 1. The van der Waals surface area contributed by atoms with Gasteiger partial charge in [0.2, 0.25) is 5.91 Å². The lowest BCUT2D eigenvalue weighted by molar-refractivity contribution is -0.129. The quantitative estimate of drug-likeness (QED) is 0.751. The monoisotopic (exact) mass is 337 g/mol. The zero-order valence-corrected chi connectivity index (χ0v) is 14.9. The molecule has 25 heavy (non-hydrogen) atoms. The Hall–Kier alpha value is -2.20. The minimum Gasteiger partial charge on any atom is -0.339 e. The number of pyridine rings is 1. The van der Waals surface area contributed by atoms with E-state index in [0.29, 0.717) is 24.3 Å². The van der Waals surface area contributed by atoms with Crippen LogP contribution in [0.3, 0.4) is 0 Å². The number of rotatable bonds is 8. The molecule has 1 saturated heterocycles. The summed E-state index contributed by atoms with van der Waals surface area (Å²) in [6.45, 7) is 4.80. The van der Waals surface area contributed by atoms with Gasteiger partial charge in [-0.2, -0.15) is 0 Å². The maximum Gasteiger partial charge on any atom is 0.222 e. The molecule has 0 spiro atoms. The van der Waals surface area contributed by atoms with Crippen molar-refractivity contribution in [1.82, 2.24) is 15.2 Å². The highest BCUT2D eigenvalue weighted by atomic mass is 16.2. The molecule has 1 N–H and O–H groups in total. The Morgan fingerprint density at radius 3 is 2.72 bits per heavy atom. The molecular weight excluding hydrogens is 310 g/mol. The van der Waals surface area contributed by atoms with E-state index in [1.165, 1.54) is 11.1 Å². The standard InChI is InChI=1S/C21H27N3O/c1-17(19-5-3-2-4-6-19)16-24-20(7-8-21(24)25)11-14-23-15-18-9-12-22-13-10-18/h2-6,9-10,12-13,17,20,23H,7-8,11,14-16H2,1H3/t17-,20+/m0/s1. The summed E-state index contributed by atoms with van der Waals surface area (Å²) >= 11 is 0. The Balaban J connectivity index is 1.48. The fraction of sp³-hybridized carbons (Fsp3) is 0.429. The Kier molecular flexibility index (Phi) is 6.18. The van der Waals surface area contributed by atoms with Crippen LogP contribution in [0.5, 0.6) is 0 Å². The van der Waals surface area contributed by atoms with E-state index in [0.717, 1.165) is 32.5 Å². The van der Waals surface area contributed by atoms with E-state index in [-0.39, 0.29) is 0 Å². The van der Waals surface area contributed by atoms with Crippen molar-refractivity contribution in [1.29, 1.82) is 0 Å². The summed E-state index contributed by atoms with van der Waals surface area (Å²) in [6.07, 6.45) is 6.32. The Morgan fingerprint density at radius 1 is 1.20 bits per heavy atom. The van der Waals surface area contributed by atoms with E-state index >= 15 is 0 Å². The molecule has 1 aromatic carbocycles. The van der Waals surface area contributed by atoms with Gasteiger partial charge < -0.3 is 10.2 Å². The molecule has 0 radical (unpaired) electrons. The van der Waals surface area contributed by atoms with Gasteiger partial charge in [-0.15, -0.1) is 0 Å². The number of carbonyl (C=O) groups excluding carboxylic acids is 1. The first-order valence-electron chi connectivity index (χ1n) is 9.18. The number of hydrogen-bond acceptors (Lipinski definition) is 3. The molecule has 3 rings (SSSR count). The minimum atomic E-state index is 0.307. The summed E-state index contributed by atoms with van der Waals surface area (Å²) in [5, 5.41) is 3.48. The molecule has 0 aliphatic carbocycles. The largest absolute Gasteiger partial charge is 0.339 e. The summed E-state index contributed by atoms with van der Waals surface area (Å²) in [5.74, 6) is 0.678. The van der Waals surface area contributed by atoms with Crippen molar-refractivity contribution in [3.63, 3.8) is 0 Å². The topological polar surface area (TPSA) is 45.2 Å². The lowest BCUT2D eigenvalue weighted by Gasteiger charge is -2.28. The molecule has 1 aromatic heterocycles. The Bertz CT molecular complexity index is 659. The van der Waals surface area contributed by atoms with Gasteiger partial charge in [0.05, 0.1) is 0 Å². The van der Waals surface area contributed by atoms with Gasteiger partial charge in [-0.05, 0) is 48.6 Å². The van der Waals surface area contributed by atoms with Gasteiger partial charge in [0.1, 0.15) is 0 Å². The average Bonchev–Trinajstić information content (AvgIpc) is 3.00. The second kappa shape index (κ2) is 8.77. The van der Waals surface area contributed by atoms with Gasteiger partial charge >= 0.3 is 0 Å². The molecule has 1 fully saturated rings. The number of nitrogens with one attached hydrogen (secondary N) is 1. The van der Waals surface area contributed by atoms with Crippen LogP contribution < -0.4 is 5.32 Å². The van der Waals surface area contributed by atoms with Gasteiger partial charge in [-0.3, -0.25) is 9.78 Å². The van der Waals surface area contributed by atoms with Crippen molar-refractivity contribution in [3.05, 3.63) is 66.0 Å². The average molecular weight is 337 g/mol. The molecule has 4 nitrogen and oxygen atoms in total. The van der Waals surface area contributed by atoms with E-state index in [1.807, 2.05) is 30.6 Å². The highest BCUT2D eigenvalue weighted by Crippen LogP contribution is 2.25. The lowest BCUT2D eigenvalue weighted by atomic mass is 10.00. The zero-order valence-electron chi connectivity index (χ0n) is 14.9. The van der Waals surface area contributed by atoms with Crippen LogP contribution in [-0.4, -0.2) is 34.9 Å². The van der Waals surface area contributed by atoms with Crippen LogP contribution >= 0.6 is 0 Å². The molecular formula is C21H27N3O. The first kappa shape index (κ1) is 17.6. The molecule has 4 heteroatoms. The number of nitrogens with zero attached hydrogens (tertiary/aromatic N) is 2. The first-order valence-corrected chi connectivity index (χ1v) is 9.18. The number of carbonyl (C=O) groups is 1. The van der Waals surface area contributed by atoms with Crippen LogP contribution in [0, 0.1) is 0 Å². The second-order valence-corrected chi connectivity index (χ2v) is 6.87. The second-order valence-electron chi connectivity index (χ2n) is 6.87. The van der Waals surface area contributed by atoms with E-state index in [9.17, 15) is 4.79 Å². The molecule has 2 atom stereocenters. The first-order chi connectivity index (χ1) is 12.2. The number of benzene rings is 1. The van der Waals surface area contributed by atoms with E-state index in [2.05, 4.69) is 46.4 Å². The summed E-state index contributed by atoms with van der Waals surface area (Å²) < 4.78 is 0. The molecule has 2 heterocycles. The van der Waals surface area contributed by atoms with Gasteiger partial charge in [0.15, 0.2) is 0 Å². The summed E-state index contributed by atoms with van der Waals surface area (Å²) in [5.41, 5.74) is 2.55. The van der Waals surface area contributed by atoms with Crippen molar-refractivity contribution < 1.29 is 4.79 Å². The third-order valence-electron chi connectivity index (χ3n) is 5.02. The van der Waals surface area contributed by atoms with Gasteiger partial charge in [-0.25, -0.2) is 0 Å². The molecule has 1 aliphatic rings. The lowest BCUT2D eigenvalue weighted by Crippen LogP contribution is -2.37. The van der Waals surface area contributed by atoms with E-state index < -0.39 is 0 Å². The molecule has 2 aromatic rings. The van der Waals surface area contributed by atoms with Crippen molar-refractivity contribution in [2.45, 2.75) is 44.7 Å². The van der Waals surface area contributed by atoms with Crippen LogP contribution in [0.1, 0.15) is 43.2 Å². The fourth-order valence-corrected chi connectivity index (χ4v) is 3.53. The van der Waals surface area contributed by atoms with Crippen LogP contribution in [0.15, 0.2) is 54.9 Å². The van der Waals surface area contributed by atoms with Crippen molar-refractivity contribution >= 4 is 5.91 Å². The van der Waals surface area contributed by atoms with Gasteiger partial charge in [-0.1, -0.05) is 37.3 Å². The van der Waals surface area contributed by atoms with Gasteiger partial charge in [0.25, 0.3) is 0 Å². The molecule has 1 aliphatic heterocycles. The smallest absolute Gasteiger partial charge is 0.222 e. The van der Waals surface area contributed by atoms with E-state index in [1.54, 1.807) is 0 Å². The van der Waals surface area contributed by atoms with Crippen molar-refractivity contribution in [2.75, 3.05) is 13.1 Å². The van der Waals surface area contributed by atoms with E-state index in [4.69, 9.17) is 0 Å². The third kappa shape index (κ3) is 4.89. The maximum absolute atomic E-state index is 12.3. The summed E-state index contributed by atoms with van der Waals surface area (Å²) in [6, 6.07) is 14.9. The van der Waals surface area contributed by atoms with Crippen molar-refractivity contribution in [3.8, 4) is 0 Å². The Morgan fingerprint density at radius 2 is 1.96 bits per heavy atom. The predicted octanol–water partition coefficient (Wildman–Crippen LogP) is 3.36. The molecule has 132 valence electrons. The molecule has 0 unspecified atom stereocenters. The van der Waals surface area contributed by atoms with Crippen LogP contribution in [-0.2, 0) is 11.3 Å². The van der Waals surface area contributed by atoms with Crippen LogP contribution in [0.25, 0.3) is 0 Å². The van der Waals surface area contributed by atoms with Crippen LogP contribution in [0.2, 0.25) is 0 Å². The molecule has 1 amide bonds. The summed E-state index contributed by atoms with van der Waals surface area (Å²) in [7, 11) is 0. The normalized spacial score (nSPS) is 18.5. The SMILES string of the molecule is C[C@@H](CN1C(=O)CC[C@@H]1CCNCc1ccncc1)c1ccccc1.